The lowest BCUT2D eigenvalue weighted by atomic mass is 10.1. The van der Waals surface area contributed by atoms with E-state index in [-0.39, 0.29) is 18.2 Å². The zero-order valence-electron chi connectivity index (χ0n) is 11.1. The van der Waals surface area contributed by atoms with Gasteiger partial charge in [0.1, 0.15) is 0 Å². The monoisotopic (exact) mass is 302 g/mol. The lowest BCUT2D eigenvalue weighted by molar-refractivity contribution is 0.0964. The molecule has 1 aromatic rings. The van der Waals surface area contributed by atoms with Crippen LogP contribution in [0.15, 0.2) is 17.5 Å². The minimum absolute atomic E-state index is 0.0286. The number of ketones is 1. The predicted octanol–water partition coefficient (Wildman–Crippen LogP) is 1.59. The van der Waals surface area contributed by atoms with Gasteiger partial charge >= 0.3 is 0 Å². The molecule has 1 aliphatic heterocycles. The van der Waals surface area contributed by atoms with Crippen LogP contribution < -0.4 is 0 Å². The molecule has 2 heterocycles. The minimum Gasteiger partial charge on any atom is -0.293 e. The molecule has 1 saturated heterocycles. The van der Waals surface area contributed by atoms with Crippen LogP contribution in [0.3, 0.4) is 0 Å². The van der Waals surface area contributed by atoms with Crippen molar-refractivity contribution in [2.45, 2.75) is 25.3 Å². The molecule has 1 fully saturated rings. The molecule has 106 valence electrons. The number of thiophene rings is 1. The lowest BCUT2D eigenvalue weighted by Gasteiger charge is -2.26. The molecule has 0 bridgehead atoms. The van der Waals surface area contributed by atoms with Crippen LogP contribution in [0, 0.1) is 0 Å². The van der Waals surface area contributed by atoms with E-state index in [0.717, 1.165) is 12.8 Å². The maximum atomic E-state index is 12.2. The Morgan fingerprint density at radius 3 is 2.84 bits per heavy atom. The molecule has 0 aliphatic carbocycles. The van der Waals surface area contributed by atoms with E-state index >= 15 is 0 Å². The third kappa shape index (κ3) is 3.05. The molecular weight excluding hydrogens is 284 g/mol. The Kier molecular flexibility index (Phi) is 4.39. The number of carbonyl (C=O) groups excluding carboxylic acids is 1. The van der Waals surface area contributed by atoms with Crippen LogP contribution in [0.1, 0.15) is 28.9 Å². The molecule has 19 heavy (non-hydrogen) atoms. The topological polar surface area (TPSA) is 57.7 Å². The molecule has 5 nitrogen and oxygen atoms in total. The first-order valence-corrected chi connectivity index (χ1v) is 8.46. The Morgan fingerprint density at radius 1 is 1.53 bits per heavy atom. The standard InChI is InChI=1S/C12H18N2O3S2/c1-13(2)19(16,17)14-7-3-5-10(14)9-11(15)12-6-4-8-18-12/h4,6,8,10H,3,5,7,9H2,1-2H3/t10-/m0/s1. The van der Waals surface area contributed by atoms with Crippen LogP contribution in [0.5, 0.6) is 0 Å². The highest BCUT2D eigenvalue weighted by Gasteiger charge is 2.36. The molecule has 1 aromatic heterocycles. The predicted molar refractivity (Wildman–Crippen MR) is 75.6 cm³/mol. The summed E-state index contributed by atoms with van der Waals surface area (Å²) >= 11 is 1.40. The summed E-state index contributed by atoms with van der Waals surface area (Å²) in [6, 6.07) is 3.41. The van der Waals surface area contributed by atoms with Crippen molar-refractivity contribution < 1.29 is 13.2 Å². The third-order valence-corrected chi connectivity index (χ3v) is 6.21. The molecule has 0 aromatic carbocycles. The van der Waals surface area contributed by atoms with Gasteiger partial charge in [0.2, 0.25) is 0 Å². The van der Waals surface area contributed by atoms with Gasteiger partial charge in [-0.05, 0) is 24.3 Å². The molecule has 0 spiro atoms. The fraction of sp³-hybridized carbons (Fsp3) is 0.583. The molecule has 0 saturated carbocycles. The molecule has 1 aliphatic rings. The number of hydrogen-bond donors (Lipinski definition) is 0. The average Bonchev–Trinajstić information content (AvgIpc) is 2.99. The van der Waals surface area contributed by atoms with E-state index in [4.69, 9.17) is 0 Å². The van der Waals surface area contributed by atoms with Gasteiger partial charge in [0.15, 0.2) is 5.78 Å². The van der Waals surface area contributed by atoms with Crippen molar-refractivity contribution in [1.29, 1.82) is 0 Å². The smallest absolute Gasteiger partial charge is 0.281 e. The van der Waals surface area contributed by atoms with Crippen LogP contribution in [0.4, 0.5) is 0 Å². The molecule has 0 N–H and O–H groups in total. The van der Waals surface area contributed by atoms with E-state index in [9.17, 15) is 13.2 Å². The Hall–Kier alpha value is -0.760. The highest BCUT2D eigenvalue weighted by atomic mass is 32.2. The van der Waals surface area contributed by atoms with Gasteiger partial charge in [-0.2, -0.15) is 17.0 Å². The summed E-state index contributed by atoms with van der Waals surface area (Å²) in [5, 5.41) is 1.86. The van der Waals surface area contributed by atoms with E-state index in [2.05, 4.69) is 0 Å². The first-order valence-electron chi connectivity index (χ1n) is 6.19. The van der Waals surface area contributed by atoms with Crippen molar-refractivity contribution >= 4 is 27.3 Å². The van der Waals surface area contributed by atoms with Gasteiger partial charge in [-0.3, -0.25) is 4.79 Å². The summed E-state index contributed by atoms with van der Waals surface area (Å²) in [5.41, 5.74) is 0. The number of rotatable bonds is 5. The maximum Gasteiger partial charge on any atom is 0.281 e. The van der Waals surface area contributed by atoms with E-state index in [1.807, 2.05) is 11.4 Å². The highest BCUT2D eigenvalue weighted by Crippen LogP contribution is 2.26. The number of nitrogens with zero attached hydrogens (tertiary/aromatic N) is 2. The first-order chi connectivity index (χ1) is 8.93. The van der Waals surface area contributed by atoms with Crippen LogP contribution in [-0.4, -0.2) is 49.5 Å². The second-order valence-corrected chi connectivity index (χ2v) is 7.84. The van der Waals surface area contributed by atoms with Gasteiger partial charge in [0, 0.05) is 33.1 Å². The Bertz CT molecular complexity index is 537. The van der Waals surface area contributed by atoms with Crippen molar-refractivity contribution in [2.24, 2.45) is 0 Å². The zero-order chi connectivity index (χ0) is 14.0. The normalized spacial score (nSPS) is 21.1. The van der Waals surface area contributed by atoms with Gasteiger partial charge in [-0.15, -0.1) is 11.3 Å². The van der Waals surface area contributed by atoms with E-state index in [1.54, 1.807) is 6.07 Å². The molecule has 7 heteroatoms. The summed E-state index contributed by atoms with van der Waals surface area (Å²) < 4.78 is 27.0. The lowest BCUT2D eigenvalue weighted by Crippen LogP contribution is -2.43. The number of hydrogen-bond acceptors (Lipinski definition) is 4. The second-order valence-electron chi connectivity index (χ2n) is 4.80. The van der Waals surface area contributed by atoms with Gasteiger partial charge in [0.25, 0.3) is 10.2 Å². The molecular formula is C12H18N2O3S2. The largest absolute Gasteiger partial charge is 0.293 e. The number of carbonyl (C=O) groups is 1. The quantitative estimate of drug-likeness (QED) is 0.776. The molecule has 0 unspecified atom stereocenters. The summed E-state index contributed by atoms with van der Waals surface area (Å²) in [4.78, 5) is 12.8. The molecule has 0 radical (unpaired) electrons. The maximum absolute atomic E-state index is 12.2. The fourth-order valence-corrected chi connectivity index (χ4v) is 4.29. The van der Waals surface area contributed by atoms with Gasteiger partial charge in [-0.25, -0.2) is 0 Å². The van der Waals surface area contributed by atoms with Crippen LogP contribution in [-0.2, 0) is 10.2 Å². The van der Waals surface area contributed by atoms with Crippen molar-refractivity contribution in [1.82, 2.24) is 8.61 Å². The van der Waals surface area contributed by atoms with Crippen molar-refractivity contribution in [2.75, 3.05) is 20.6 Å². The van der Waals surface area contributed by atoms with Crippen molar-refractivity contribution in [3.05, 3.63) is 22.4 Å². The Labute approximate surface area is 118 Å². The van der Waals surface area contributed by atoms with E-state index in [0.29, 0.717) is 11.4 Å². The SMILES string of the molecule is CN(C)S(=O)(=O)N1CCC[C@H]1CC(=O)c1cccs1. The summed E-state index contributed by atoms with van der Waals surface area (Å²) in [7, 11) is -0.383. The zero-order valence-corrected chi connectivity index (χ0v) is 12.7. The van der Waals surface area contributed by atoms with Crippen LogP contribution in [0.25, 0.3) is 0 Å². The van der Waals surface area contributed by atoms with E-state index < -0.39 is 10.2 Å². The van der Waals surface area contributed by atoms with Gasteiger partial charge in [-0.1, -0.05) is 6.07 Å². The summed E-state index contributed by atoms with van der Waals surface area (Å²) in [6.07, 6.45) is 1.84. The Morgan fingerprint density at radius 2 is 2.26 bits per heavy atom. The first kappa shape index (κ1) is 14.6. The van der Waals surface area contributed by atoms with Gasteiger partial charge < -0.3 is 0 Å². The Balaban J connectivity index is 2.10. The second kappa shape index (κ2) is 5.70. The van der Waals surface area contributed by atoms with Crippen LogP contribution >= 0.6 is 11.3 Å². The summed E-state index contributed by atoms with van der Waals surface area (Å²) in [6.45, 7) is 0.503. The van der Waals surface area contributed by atoms with Crippen LogP contribution in [0.2, 0.25) is 0 Å². The number of Topliss-reactive ketones (excluding diaryl/α,β-unsaturated/α-hetero) is 1. The van der Waals surface area contributed by atoms with Crippen molar-refractivity contribution in [3.63, 3.8) is 0 Å². The van der Waals surface area contributed by atoms with Gasteiger partial charge in [0.05, 0.1) is 4.88 Å². The average molecular weight is 302 g/mol. The molecule has 1 atom stereocenters. The van der Waals surface area contributed by atoms with Crippen molar-refractivity contribution in [3.8, 4) is 0 Å². The fourth-order valence-electron chi connectivity index (χ4n) is 2.28. The minimum atomic E-state index is -3.42. The van der Waals surface area contributed by atoms with E-state index in [1.165, 1.54) is 34.0 Å². The molecule has 0 amide bonds. The third-order valence-electron chi connectivity index (χ3n) is 3.30. The molecule has 2 rings (SSSR count). The summed E-state index contributed by atoms with van der Waals surface area (Å²) in [5.74, 6) is 0.0286. The highest BCUT2D eigenvalue weighted by molar-refractivity contribution is 7.86.